The van der Waals surface area contributed by atoms with Gasteiger partial charge in [0.05, 0.1) is 10.0 Å². The zero-order valence-corrected chi connectivity index (χ0v) is 13.5. The summed E-state index contributed by atoms with van der Waals surface area (Å²) in [5.74, 6) is 0.466. The van der Waals surface area contributed by atoms with Crippen molar-refractivity contribution >= 4 is 40.7 Å². The number of hydrogen-bond donors (Lipinski definition) is 1. The van der Waals surface area contributed by atoms with Crippen LogP contribution in [0.15, 0.2) is 18.2 Å². The lowest BCUT2D eigenvalue weighted by molar-refractivity contribution is 0.0921. The minimum Gasteiger partial charge on any atom is -0.351 e. The second-order valence-electron chi connectivity index (χ2n) is 5.51. The molecule has 0 radical (unpaired) electrons. The number of hydrogen-bond acceptors (Lipinski definition) is 1. The molecule has 1 saturated carbocycles. The molecule has 20 heavy (non-hydrogen) atoms. The quantitative estimate of drug-likeness (QED) is 0.779. The maximum atomic E-state index is 12.2. The SMILES string of the molecule is O=C(NCC1(CCl)CCCCC1)c1ccc(Cl)c(Cl)c1. The van der Waals surface area contributed by atoms with Crippen molar-refractivity contribution in [1.82, 2.24) is 5.32 Å². The average Bonchev–Trinajstić information content (AvgIpc) is 2.48. The lowest BCUT2D eigenvalue weighted by Crippen LogP contribution is -2.40. The van der Waals surface area contributed by atoms with E-state index in [0.717, 1.165) is 12.8 Å². The van der Waals surface area contributed by atoms with Crippen molar-refractivity contribution in [1.29, 1.82) is 0 Å². The van der Waals surface area contributed by atoms with Gasteiger partial charge >= 0.3 is 0 Å². The van der Waals surface area contributed by atoms with Gasteiger partial charge in [-0.05, 0) is 31.0 Å². The van der Waals surface area contributed by atoms with Crippen LogP contribution in [0, 0.1) is 5.41 Å². The third-order valence-corrected chi connectivity index (χ3v) is 5.31. The van der Waals surface area contributed by atoms with Gasteiger partial charge in [-0.1, -0.05) is 42.5 Å². The van der Waals surface area contributed by atoms with Gasteiger partial charge in [0.1, 0.15) is 0 Å². The molecule has 1 N–H and O–H groups in total. The molecule has 1 aromatic rings. The second kappa shape index (κ2) is 7.02. The number of benzene rings is 1. The summed E-state index contributed by atoms with van der Waals surface area (Å²) in [5.41, 5.74) is 0.575. The molecule has 0 bridgehead atoms. The number of rotatable bonds is 4. The van der Waals surface area contributed by atoms with E-state index in [-0.39, 0.29) is 11.3 Å². The van der Waals surface area contributed by atoms with Crippen LogP contribution in [0.2, 0.25) is 10.0 Å². The topological polar surface area (TPSA) is 29.1 Å². The first-order chi connectivity index (χ1) is 9.56. The van der Waals surface area contributed by atoms with Crippen LogP contribution in [0.3, 0.4) is 0 Å². The molecule has 0 unspecified atom stereocenters. The molecular formula is C15H18Cl3NO. The van der Waals surface area contributed by atoms with Crippen molar-refractivity contribution in [3.8, 4) is 0 Å². The second-order valence-corrected chi connectivity index (χ2v) is 6.59. The minimum atomic E-state index is -0.126. The van der Waals surface area contributed by atoms with E-state index >= 15 is 0 Å². The maximum Gasteiger partial charge on any atom is 0.251 e. The Kier molecular flexibility index (Phi) is 5.59. The van der Waals surface area contributed by atoms with Crippen LogP contribution < -0.4 is 5.32 Å². The Hall–Kier alpha value is -0.440. The predicted octanol–water partition coefficient (Wildman–Crippen LogP) is 4.91. The van der Waals surface area contributed by atoms with E-state index in [1.54, 1.807) is 18.2 Å². The van der Waals surface area contributed by atoms with Crippen LogP contribution in [0.5, 0.6) is 0 Å². The molecule has 0 aromatic heterocycles. The zero-order valence-electron chi connectivity index (χ0n) is 11.2. The molecule has 110 valence electrons. The molecule has 2 nitrogen and oxygen atoms in total. The molecule has 1 aliphatic carbocycles. The van der Waals surface area contributed by atoms with Gasteiger partial charge in [0.2, 0.25) is 0 Å². The number of nitrogens with one attached hydrogen (secondary N) is 1. The Morgan fingerprint density at radius 1 is 1.15 bits per heavy atom. The summed E-state index contributed by atoms with van der Waals surface area (Å²) >= 11 is 17.9. The standard InChI is InChI=1S/C15H18Cl3NO/c16-9-15(6-2-1-3-7-15)10-19-14(20)11-4-5-12(17)13(18)8-11/h4-5,8H,1-3,6-7,9-10H2,(H,19,20). The van der Waals surface area contributed by atoms with Gasteiger partial charge in [0.25, 0.3) is 5.91 Å². The van der Waals surface area contributed by atoms with Crippen LogP contribution in [0.4, 0.5) is 0 Å². The van der Waals surface area contributed by atoms with E-state index < -0.39 is 0 Å². The number of amides is 1. The Bertz CT molecular complexity index is 484. The lowest BCUT2D eigenvalue weighted by Gasteiger charge is -2.35. The first kappa shape index (κ1) is 15.9. The molecule has 1 fully saturated rings. The maximum absolute atomic E-state index is 12.2. The number of alkyl halides is 1. The summed E-state index contributed by atoms with van der Waals surface area (Å²) in [6.45, 7) is 0.621. The molecule has 1 aromatic carbocycles. The Morgan fingerprint density at radius 3 is 2.45 bits per heavy atom. The van der Waals surface area contributed by atoms with E-state index in [2.05, 4.69) is 5.32 Å². The van der Waals surface area contributed by atoms with E-state index in [9.17, 15) is 4.79 Å². The summed E-state index contributed by atoms with van der Waals surface area (Å²) in [5, 5.41) is 3.83. The van der Waals surface area contributed by atoms with Gasteiger partial charge in [-0.15, -0.1) is 11.6 Å². The molecule has 0 spiro atoms. The summed E-state index contributed by atoms with van der Waals surface area (Å²) in [6, 6.07) is 4.90. The van der Waals surface area contributed by atoms with Crippen LogP contribution in [0.25, 0.3) is 0 Å². The van der Waals surface area contributed by atoms with E-state index in [0.29, 0.717) is 28.0 Å². The highest BCUT2D eigenvalue weighted by Gasteiger charge is 2.31. The molecule has 2 rings (SSSR count). The van der Waals surface area contributed by atoms with E-state index in [1.807, 2.05) is 0 Å². The van der Waals surface area contributed by atoms with Gasteiger partial charge in [0.15, 0.2) is 0 Å². The summed E-state index contributed by atoms with van der Waals surface area (Å²) in [4.78, 5) is 12.2. The summed E-state index contributed by atoms with van der Waals surface area (Å²) in [6.07, 6.45) is 5.81. The van der Waals surface area contributed by atoms with Crippen LogP contribution in [-0.2, 0) is 0 Å². The van der Waals surface area contributed by atoms with Crippen LogP contribution in [-0.4, -0.2) is 18.3 Å². The molecule has 5 heteroatoms. The third-order valence-electron chi connectivity index (χ3n) is 4.00. The number of carbonyl (C=O) groups is 1. The van der Waals surface area contributed by atoms with Crippen molar-refractivity contribution in [2.24, 2.45) is 5.41 Å². The molecule has 0 aliphatic heterocycles. The first-order valence-corrected chi connectivity index (χ1v) is 8.15. The highest BCUT2D eigenvalue weighted by atomic mass is 35.5. The van der Waals surface area contributed by atoms with Crippen LogP contribution >= 0.6 is 34.8 Å². The Morgan fingerprint density at radius 2 is 1.85 bits per heavy atom. The molecule has 1 aliphatic rings. The monoisotopic (exact) mass is 333 g/mol. The Balaban J connectivity index is 1.98. The summed E-state index contributed by atoms with van der Waals surface area (Å²) in [7, 11) is 0. The average molecular weight is 335 g/mol. The van der Waals surface area contributed by atoms with Crippen molar-refractivity contribution in [2.45, 2.75) is 32.1 Å². The van der Waals surface area contributed by atoms with Gasteiger partial charge in [0, 0.05) is 23.4 Å². The number of carbonyl (C=O) groups excluding carboxylic acids is 1. The molecule has 0 atom stereocenters. The first-order valence-electron chi connectivity index (χ1n) is 6.86. The van der Waals surface area contributed by atoms with E-state index in [4.69, 9.17) is 34.8 Å². The number of halogens is 3. The summed E-state index contributed by atoms with van der Waals surface area (Å²) < 4.78 is 0. The zero-order chi connectivity index (χ0) is 14.6. The highest BCUT2D eigenvalue weighted by molar-refractivity contribution is 6.42. The fourth-order valence-electron chi connectivity index (χ4n) is 2.67. The van der Waals surface area contributed by atoms with Crippen molar-refractivity contribution in [2.75, 3.05) is 12.4 Å². The predicted molar refractivity (Wildman–Crippen MR) is 85.0 cm³/mol. The van der Waals surface area contributed by atoms with Crippen molar-refractivity contribution in [3.63, 3.8) is 0 Å². The fraction of sp³-hybridized carbons (Fsp3) is 0.533. The normalized spacial score (nSPS) is 17.8. The third kappa shape index (κ3) is 3.81. The smallest absolute Gasteiger partial charge is 0.251 e. The van der Waals surface area contributed by atoms with Gasteiger partial charge in [-0.3, -0.25) is 4.79 Å². The molecule has 1 amide bonds. The Labute approximate surface area is 134 Å². The fourth-order valence-corrected chi connectivity index (χ4v) is 3.33. The highest BCUT2D eigenvalue weighted by Crippen LogP contribution is 2.36. The van der Waals surface area contributed by atoms with Crippen molar-refractivity contribution < 1.29 is 4.79 Å². The lowest BCUT2D eigenvalue weighted by atomic mass is 9.75. The van der Waals surface area contributed by atoms with Gasteiger partial charge in [-0.2, -0.15) is 0 Å². The largest absolute Gasteiger partial charge is 0.351 e. The van der Waals surface area contributed by atoms with E-state index in [1.165, 1.54) is 19.3 Å². The molecule has 0 saturated heterocycles. The molecule has 0 heterocycles. The van der Waals surface area contributed by atoms with Gasteiger partial charge in [-0.25, -0.2) is 0 Å². The molecular weight excluding hydrogens is 317 g/mol. The van der Waals surface area contributed by atoms with Crippen molar-refractivity contribution in [3.05, 3.63) is 33.8 Å². The van der Waals surface area contributed by atoms with Gasteiger partial charge < -0.3 is 5.32 Å². The minimum absolute atomic E-state index is 0.0473. The van der Waals surface area contributed by atoms with Crippen LogP contribution in [0.1, 0.15) is 42.5 Å².